The van der Waals surface area contributed by atoms with Gasteiger partial charge in [-0.15, -0.1) is 0 Å². The van der Waals surface area contributed by atoms with E-state index in [0.29, 0.717) is 43.7 Å². The highest BCUT2D eigenvalue weighted by atomic mass is 19.1. The Kier molecular flexibility index (Phi) is 7.22. The molecule has 1 fully saturated rings. The summed E-state index contributed by atoms with van der Waals surface area (Å²) < 4.78 is 26.4. The average Bonchev–Trinajstić information content (AvgIpc) is 2.72. The summed E-state index contributed by atoms with van der Waals surface area (Å²) in [6.45, 7) is 3.14. The van der Waals surface area contributed by atoms with Crippen molar-refractivity contribution in [2.24, 2.45) is 22.7 Å². The van der Waals surface area contributed by atoms with Crippen molar-refractivity contribution in [2.75, 3.05) is 18.0 Å². The Morgan fingerprint density at radius 2 is 2.00 bits per heavy atom. The van der Waals surface area contributed by atoms with E-state index >= 15 is 0 Å². The molecule has 1 aromatic carbocycles. The van der Waals surface area contributed by atoms with E-state index < -0.39 is 17.5 Å². The first-order valence-corrected chi connectivity index (χ1v) is 9.96. The number of nitrogens with zero attached hydrogens (tertiary/aromatic N) is 4. The van der Waals surface area contributed by atoms with Crippen LogP contribution in [-0.2, 0) is 11.2 Å². The molecule has 10 heteroatoms. The second-order valence-corrected chi connectivity index (χ2v) is 7.55. The number of amides is 2. The zero-order valence-corrected chi connectivity index (χ0v) is 17.1. The highest BCUT2D eigenvalue weighted by molar-refractivity contribution is 5.91. The number of carbonyl (C=O) groups excluding carboxylic acids is 2. The first-order valence-electron chi connectivity index (χ1n) is 9.96. The number of hydrogen-bond acceptors (Lipinski definition) is 6. The Balaban J connectivity index is 1.47. The number of nitrogens with one attached hydrogen (secondary N) is 1. The maximum absolute atomic E-state index is 13.2. The lowest BCUT2D eigenvalue weighted by atomic mass is 9.86. The van der Waals surface area contributed by atoms with Crippen LogP contribution in [0.1, 0.15) is 35.8 Å². The molecular weight excluding hydrogens is 406 g/mol. The number of primary amides is 1. The van der Waals surface area contributed by atoms with Gasteiger partial charge in [0.05, 0.1) is 0 Å². The van der Waals surface area contributed by atoms with Crippen LogP contribution in [-0.4, -0.2) is 41.1 Å². The van der Waals surface area contributed by atoms with Gasteiger partial charge in [0.15, 0.2) is 0 Å². The number of halogens is 2. The second-order valence-electron chi connectivity index (χ2n) is 7.55. The molecule has 0 spiro atoms. The van der Waals surface area contributed by atoms with Crippen LogP contribution in [0.15, 0.2) is 35.7 Å². The predicted octanol–water partition coefficient (Wildman–Crippen LogP) is 2.05. The van der Waals surface area contributed by atoms with Crippen molar-refractivity contribution in [2.45, 2.75) is 26.2 Å². The molecule has 3 N–H and O–H groups in total. The van der Waals surface area contributed by atoms with Gasteiger partial charge in [0, 0.05) is 37.4 Å². The molecule has 2 amide bonds. The molecule has 1 aliphatic heterocycles. The van der Waals surface area contributed by atoms with Gasteiger partial charge in [-0.1, -0.05) is 6.92 Å². The molecule has 2 heterocycles. The van der Waals surface area contributed by atoms with E-state index in [1.807, 2.05) is 11.8 Å². The van der Waals surface area contributed by atoms with E-state index in [-0.39, 0.29) is 23.4 Å². The summed E-state index contributed by atoms with van der Waals surface area (Å²) in [7, 11) is 0. The average molecular weight is 430 g/mol. The minimum atomic E-state index is -0.619. The SMILES string of the molecule is CC1CN(c2cc(C(N)=O)ncn2)CC[C@@H]1C(=O)N/N=C\CCc1cc(F)cc(F)c1. The van der Waals surface area contributed by atoms with E-state index in [0.717, 1.165) is 6.07 Å². The van der Waals surface area contributed by atoms with Gasteiger partial charge < -0.3 is 10.6 Å². The molecule has 0 aliphatic carbocycles. The molecule has 8 nitrogen and oxygen atoms in total. The number of anilines is 1. The van der Waals surface area contributed by atoms with Crippen molar-refractivity contribution in [1.82, 2.24) is 15.4 Å². The van der Waals surface area contributed by atoms with Gasteiger partial charge in [0.1, 0.15) is 29.5 Å². The van der Waals surface area contributed by atoms with E-state index in [1.165, 1.54) is 24.7 Å². The first kappa shape index (κ1) is 22.3. The number of carbonyl (C=O) groups is 2. The third-order valence-corrected chi connectivity index (χ3v) is 5.22. The van der Waals surface area contributed by atoms with Gasteiger partial charge >= 0.3 is 0 Å². The normalized spacial score (nSPS) is 18.9. The van der Waals surface area contributed by atoms with Crippen molar-refractivity contribution in [3.05, 3.63) is 53.5 Å². The number of hydrogen-bond donors (Lipinski definition) is 2. The molecule has 0 saturated carbocycles. The molecule has 31 heavy (non-hydrogen) atoms. The van der Waals surface area contributed by atoms with Gasteiger partial charge in [-0.2, -0.15) is 5.10 Å². The molecule has 1 unspecified atom stereocenters. The first-order chi connectivity index (χ1) is 14.8. The molecular formula is C21H24F2N6O2. The topological polar surface area (TPSA) is 114 Å². The molecule has 1 saturated heterocycles. The van der Waals surface area contributed by atoms with E-state index in [9.17, 15) is 18.4 Å². The lowest BCUT2D eigenvalue weighted by molar-refractivity contribution is -0.126. The highest BCUT2D eigenvalue weighted by Gasteiger charge is 2.32. The molecule has 2 aromatic rings. The van der Waals surface area contributed by atoms with Crippen LogP contribution < -0.4 is 16.1 Å². The van der Waals surface area contributed by atoms with Gasteiger partial charge in [-0.25, -0.2) is 24.2 Å². The summed E-state index contributed by atoms with van der Waals surface area (Å²) in [5, 5.41) is 3.95. The predicted molar refractivity (Wildman–Crippen MR) is 111 cm³/mol. The summed E-state index contributed by atoms with van der Waals surface area (Å²) in [4.78, 5) is 33.8. The van der Waals surface area contributed by atoms with E-state index in [1.54, 1.807) is 6.07 Å². The zero-order chi connectivity index (χ0) is 22.4. The summed E-state index contributed by atoms with van der Waals surface area (Å²) in [6, 6.07) is 4.92. The van der Waals surface area contributed by atoms with Gasteiger partial charge in [0.25, 0.3) is 5.91 Å². The highest BCUT2D eigenvalue weighted by Crippen LogP contribution is 2.26. The van der Waals surface area contributed by atoms with Crippen LogP contribution in [0.4, 0.5) is 14.6 Å². The molecule has 0 radical (unpaired) electrons. The van der Waals surface area contributed by atoms with Crippen molar-refractivity contribution in [3.8, 4) is 0 Å². The third kappa shape index (κ3) is 6.03. The fourth-order valence-electron chi connectivity index (χ4n) is 3.64. The van der Waals surface area contributed by atoms with Crippen molar-refractivity contribution < 1.29 is 18.4 Å². The summed E-state index contributed by atoms with van der Waals surface area (Å²) in [5.74, 6) is -1.62. The number of nitrogens with two attached hydrogens (primary N) is 1. The van der Waals surface area contributed by atoms with Crippen molar-refractivity contribution in [3.63, 3.8) is 0 Å². The number of piperidine rings is 1. The van der Waals surface area contributed by atoms with Crippen LogP contribution in [0.2, 0.25) is 0 Å². The van der Waals surface area contributed by atoms with Crippen LogP contribution in [0.25, 0.3) is 0 Å². The number of aryl methyl sites for hydroxylation is 1. The fraction of sp³-hybridized carbons (Fsp3) is 0.381. The Morgan fingerprint density at radius 1 is 1.26 bits per heavy atom. The van der Waals surface area contributed by atoms with Gasteiger partial charge in [-0.3, -0.25) is 9.59 Å². The van der Waals surface area contributed by atoms with Crippen molar-refractivity contribution in [1.29, 1.82) is 0 Å². The summed E-state index contributed by atoms with van der Waals surface area (Å²) in [5.41, 5.74) is 8.49. The summed E-state index contributed by atoms with van der Waals surface area (Å²) >= 11 is 0. The number of hydrazone groups is 1. The van der Waals surface area contributed by atoms with Gasteiger partial charge in [0.2, 0.25) is 5.91 Å². The van der Waals surface area contributed by atoms with Gasteiger partial charge in [-0.05, 0) is 42.9 Å². The minimum absolute atomic E-state index is 0.0335. The quantitative estimate of drug-likeness (QED) is 0.516. The lowest BCUT2D eigenvalue weighted by Crippen LogP contribution is -2.45. The van der Waals surface area contributed by atoms with Crippen LogP contribution in [0.3, 0.4) is 0 Å². The molecule has 2 atom stereocenters. The number of rotatable bonds is 7. The Labute approximate surface area is 178 Å². The summed E-state index contributed by atoms with van der Waals surface area (Å²) in [6.07, 6.45) is 4.27. The standard InChI is InChI=1S/C21H24F2N6O2/c1-13-11-29(19-10-18(20(24)30)25-12-26-19)6-4-17(13)21(31)28-27-5-2-3-14-7-15(22)9-16(23)8-14/h5,7-10,12-13,17H,2-4,6,11H2,1H3,(H2,24,30)(H,28,31)/b27-5-/t13?,17-/m0/s1. The minimum Gasteiger partial charge on any atom is -0.364 e. The molecule has 0 bridgehead atoms. The van der Waals surface area contributed by atoms with Crippen LogP contribution in [0.5, 0.6) is 0 Å². The largest absolute Gasteiger partial charge is 0.364 e. The monoisotopic (exact) mass is 430 g/mol. The van der Waals surface area contributed by atoms with E-state index in [2.05, 4.69) is 20.5 Å². The van der Waals surface area contributed by atoms with Crippen LogP contribution in [0, 0.1) is 23.5 Å². The van der Waals surface area contributed by atoms with E-state index in [4.69, 9.17) is 5.73 Å². The maximum Gasteiger partial charge on any atom is 0.267 e. The maximum atomic E-state index is 13.2. The Bertz CT molecular complexity index is 964. The smallest absolute Gasteiger partial charge is 0.267 e. The Morgan fingerprint density at radius 3 is 2.68 bits per heavy atom. The van der Waals surface area contributed by atoms with Crippen LogP contribution >= 0.6 is 0 Å². The molecule has 1 aromatic heterocycles. The number of aromatic nitrogens is 2. The lowest BCUT2D eigenvalue weighted by Gasteiger charge is -2.36. The zero-order valence-electron chi connectivity index (χ0n) is 17.1. The second kappa shape index (κ2) is 10.1. The molecule has 164 valence electrons. The Hall–Kier alpha value is -3.43. The molecule has 3 rings (SSSR count). The third-order valence-electron chi connectivity index (χ3n) is 5.22. The molecule has 1 aliphatic rings. The number of benzene rings is 1. The fourth-order valence-corrected chi connectivity index (χ4v) is 3.64. The van der Waals surface area contributed by atoms with Crippen molar-refractivity contribution >= 4 is 23.8 Å².